The fourth-order valence-corrected chi connectivity index (χ4v) is 0.994. The molecule has 0 radical (unpaired) electrons. The molecular weight excluding hydrogens is 146 g/mol. The van der Waals surface area contributed by atoms with Crippen LogP contribution < -0.4 is 0 Å². The fraction of sp³-hybridized carbons (Fsp3) is 0.182. The van der Waals surface area contributed by atoms with Crippen LogP contribution in [0.1, 0.15) is 11.1 Å². The highest BCUT2D eigenvalue weighted by Gasteiger charge is 1.77. The molecule has 1 aromatic heterocycles. The second-order valence-electron chi connectivity index (χ2n) is 2.80. The molecule has 0 saturated carbocycles. The van der Waals surface area contributed by atoms with Crippen LogP contribution in [0.4, 0.5) is 0 Å². The maximum Gasteiger partial charge on any atom is 0.0267 e. The molecule has 0 spiro atoms. The van der Waals surface area contributed by atoms with Crippen LogP contribution in [0.5, 0.6) is 0 Å². The van der Waals surface area contributed by atoms with Crippen molar-refractivity contribution in [2.45, 2.75) is 13.8 Å². The molecule has 0 atom stereocenters. The van der Waals surface area contributed by atoms with Gasteiger partial charge in [0.15, 0.2) is 0 Å². The molecule has 0 unspecified atom stereocenters. The van der Waals surface area contributed by atoms with Gasteiger partial charge < -0.3 is 0 Å². The molecule has 0 amide bonds. The van der Waals surface area contributed by atoms with Gasteiger partial charge in [-0.15, -0.1) is 0 Å². The number of aromatic nitrogens is 1. The van der Waals surface area contributed by atoms with E-state index in [1.165, 1.54) is 11.1 Å². The third kappa shape index (κ3) is 3.15. The molecule has 0 aliphatic rings. The molecule has 0 bridgehead atoms. The van der Waals surface area contributed by atoms with E-state index >= 15 is 0 Å². The Morgan fingerprint density at radius 1 is 0.917 bits per heavy atom. The van der Waals surface area contributed by atoms with Gasteiger partial charge in [0.2, 0.25) is 0 Å². The number of rotatable bonds is 0. The molecule has 0 saturated heterocycles. The van der Waals surface area contributed by atoms with Crippen LogP contribution in [0.3, 0.4) is 0 Å². The van der Waals surface area contributed by atoms with Gasteiger partial charge in [0.25, 0.3) is 0 Å². The highest BCUT2D eigenvalue weighted by Crippen LogP contribution is 1.96. The number of hydrogen-bond donors (Lipinski definition) is 0. The average molecular weight is 159 g/mol. The second-order valence-corrected chi connectivity index (χ2v) is 2.80. The molecule has 0 aromatic carbocycles. The Kier molecular flexibility index (Phi) is 3.27. The number of hydrogen-bond acceptors (Lipinski definition) is 1. The Morgan fingerprint density at radius 3 is 1.92 bits per heavy atom. The summed E-state index contributed by atoms with van der Waals surface area (Å²) >= 11 is 0. The summed E-state index contributed by atoms with van der Waals surface area (Å²) in [5.41, 5.74) is 2.48. The first-order valence-corrected chi connectivity index (χ1v) is 4.00. The molecule has 1 heterocycles. The van der Waals surface area contributed by atoms with Crippen LogP contribution in [0.25, 0.3) is 0 Å². The minimum atomic E-state index is 1.24. The Hall–Kier alpha value is -1.37. The normalized spacial score (nSPS) is 8.83. The van der Waals surface area contributed by atoms with Crippen molar-refractivity contribution in [1.29, 1.82) is 0 Å². The zero-order valence-electron chi connectivity index (χ0n) is 7.49. The molecule has 1 rings (SSSR count). The van der Waals surface area contributed by atoms with Gasteiger partial charge in [0.05, 0.1) is 0 Å². The lowest BCUT2D eigenvalue weighted by atomic mass is 10.2. The van der Waals surface area contributed by atoms with Crippen molar-refractivity contribution in [2.75, 3.05) is 0 Å². The Bertz CT molecular complexity index is 276. The highest BCUT2D eigenvalue weighted by molar-refractivity contribution is 5.15. The monoisotopic (exact) mass is 159 g/mol. The predicted molar refractivity (Wildman–Crippen MR) is 51.3 cm³/mol. The first-order chi connectivity index (χ1) is 5.79. The Morgan fingerprint density at radius 2 is 1.42 bits per heavy atom. The molecule has 1 nitrogen and oxygen atoms in total. The van der Waals surface area contributed by atoms with Crippen LogP contribution in [-0.2, 0) is 0 Å². The van der Waals surface area contributed by atoms with E-state index in [1.54, 1.807) is 12.4 Å². The molecule has 0 N–H and O–H groups in total. The second kappa shape index (κ2) is 4.50. The van der Waals surface area contributed by atoms with Gasteiger partial charge in [-0.1, -0.05) is 29.3 Å². The topological polar surface area (TPSA) is 12.9 Å². The van der Waals surface area contributed by atoms with Gasteiger partial charge in [-0.2, -0.15) is 0 Å². The SMILES string of the molecule is Cc1cccncccc(C)c1. The summed E-state index contributed by atoms with van der Waals surface area (Å²) in [4.78, 5) is 4.04. The third-order valence-electron chi connectivity index (χ3n) is 1.52. The van der Waals surface area contributed by atoms with Gasteiger partial charge in [-0.25, -0.2) is 0 Å². The summed E-state index contributed by atoms with van der Waals surface area (Å²) in [6.07, 6.45) is 3.56. The lowest BCUT2D eigenvalue weighted by Gasteiger charge is -1.87. The van der Waals surface area contributed by atoms with Gasteiger partial charge >= 0.3 is 0 Å². The van der Waals surface area contributed by atoms with Gasteiger partial charge in [0.1, 0.15) is 0 Å². The zero-order chi connectivity index (χ0) is 8.81. The summed E-state index contributed by atoms with van der Waals surface area (Å²) in [6.45, 7) is 4.15. The van der Waals surface area contributed by atoms with E-state index in [0.717, 1.165) is 0 Å². The molecule has 12 heavy (non-hydrogen) atoms. The van der Waals surface area contributed by atoms with E-state index in [0.29, 0.717) is 0 Å². The van der Waals surface area contributed by atoms with Crippen LogP contribution >= 0.6 is 0 Å². The van der Waals surface area contributed by atoms with Crippen molar-refractivity contribution in [3.05, 3.63) is 53.9 Å². The maximum absolute atomic E-state index is 4.04. The first-order valence-electron chi connectivity index (χ1n) is 4.00. The molecule has 1 aromatic rings. The summed E-state index contributed by atoms with van der Waals surface area (Å²) < 4.78 is 0. The first kappa shape index (κ1) is 8.72. The number of nitrogens with zero attached hydrogens (tertiary/aromatic N) is 1. The summed E-state index contributed by atoms with van der Waals surface area (Å²) in [6, 6.07) is 10.1. The van der Waals surface area contributed by atoms with Crippen molar-refractivity contribution in [1.82, 2.24) is 4.98 Å². The lowest BCUT2D eigenvalue weighted by Crippen LogP contribution is -1.69. The maximum atomic E-state index is 4.04. The van der Waals surface area contributed by atoms with E-state index in [-0.39, 0.29) is 0 Å². The van der Waals surface area contributed by atoms with E-state index in [4.69, 9.17) is 0 Å². The van der Waals surface area contributed by atoms with Crippen LogP contribution in [0.15, 0.2) is 42.7 Å². The zero-order valence-corrected chi connectivity index (χ0v) is 7.49. The van der Waals surface area contributed by atoms with Gasteiger partial charge in [0, 0.05) is 12.4 Å². The Labute approximate surface area is 73.4 Å². The van der Waals surface area contributed by atoms with Gasteiger partial charge in [-0.3, -0.25) is 4.98 Å². The van der Waals surface area contributed by atoms with Crippen LogP contribution in [0.2, 0.25) is 0 Å². The average Bonchev–Trinajstić information content (AvgIpc) is 2.02. The quantitative estimate of drug-likeness (QED) is 0.567. The standard InChI is InChI=1S/C11H13N/c1-10-5-3-7-12-8-4-6-11(2)9-10/h3-9H,1-2H3. The fourth-order valence-electron chi connectivity index (χ4n) is 0.994. The van der Waals surface area contributed by atoms with Crippen molar-refractivity contribution < 1.29 is 0 Å². The van der Waals surface area contributed by atoms with Crippen LogP contribution in [-0.4, -0.2) is 4.98 Å². The minimum Gasteiger partial charge on any atom is -0.265 e. The molecule has 1 heteroatoms. The van der Waals surface area contributed by atoms with E-state index in [2.05, 4.69) is 24.9 Å². The van der Waals surface area contributed by atoms with Crippen molar-refractivity contribution in [3.63, 3.8) is 0 Å². The molecule has 0 fully saturated rings. The van der Waals surface area contributed by atoms with E-state index in [1.807, 2.05) is 24.3 Å². The van der Waals surface area contributed by atoms with Crippen molar-refractivity contribution in [2.24, 2.45) is 0 Å². The summed E-state index contributed by atoms with van der Waals surface area (Å²) in [7, 11) is 0. The molecule has 62 valence electrons. The Balaban J connectivity index is 3.23. The smallest absolute Gasteiger partial charge is 0.0267 e. The summed E-state index contributed by atoms with van der Waals surface area (Å²) in [5, 5.41) is 0. The third-order valence-corrected chi connectivity index (χ3v) is 1.52. The molecular formula is C11H13N. The van der Waals surface area contributed by atoms with E-state index in [9.17, 15) is 0 Å². The minimum absolute atomic E-state index is 1.24. The molecule has 0 aliphatic heterocycles. The van der Waals surface area contributed by atoms with Crippen LogP contribution in [0, 0.1) is 13.8 Å². The summed E-state index contributed by atoms with van der Waals surface area (Å²) in [5.74, 6) is 0. The lowest BCUT2D eigenvalue weighted by molar-refractivity contribution is 1.33. The van der Waals surface area contributed by atoms with E-state index < -0.39 is 0 Å². The largest absolute Gasteiger partial charge is 0.265 e. The van der Waals surface area contributed by atoms with Crippen molar-refractivity contribution >= 4 is 0 Å². The molecule has 0 aliphatic carbocycles. The van der Waals surface area contributed by atoms with Crippen molar-refractivity contribution in [3.8, 4) is 0 Å². The van der Waals surface area contributed by atoms with Gasteiger partial charge in [-0.05, 0) is 26.0 Å². The number of aryl methyl sites for hydroxylation is 2. The predicted octanol–water partition coefficient (Wildman–Crippen LogP) is 2.82. The highest BCUT2D eigenvalue weighted by atomic mass is 14.6.